The molecule has 9 rings (SSSR count). The summed E-state index contributed by atoms with van der Waals surface area (Å²) in [4.78, 5) is 0. The molecule has 2 heterocycles. The molecule has 40 heavy (non-hydrogen) atoms. The van der Waals surface area contributed by atoms with Gasteiger partial charge in [-0.25, -0.2) is 0 Å². The van der Waals surface area contributed by atoms with Gasteiger partial charge in [0, 0.05) is 10.8 Å². The maximum absolute atomic E-state index is 6.39. The van der Waals surface area contributed by atoms with Gasteiger partial charge in [0.2, 0.25) is 0 Å². The van der Waals surface area contributed by atoms with Crippen LogP contribution in [0.2, 0.25) is 0 Å². The third-order valence-electron chi connectivity index (χ3n) is 8.32. The Morgan fingerprint density at radius 3 is 1.85 bits per heavy atom. The first-order valence-electron chi connectivity index (χ1n) is 13.6. The lowest BCUT2D eigenvalue weighted by atomic mass is 9.84. The Labute approximate surface area is 229 Å². The molecule has 9 aromatic rings. The fourth-order valence-electron chi connectivity index (χ4n) is 6.61. The van der Waals surface area contributed by atoms with Gasteiger partial charge in [0.25, 0.3) is 0 Å². The zero-order chi connectivity index (χ0) is 26.2. The van der Waals surface area contributed by atoms with Crippen LogP contribution in [-0.2, 0) is 0 Å². The van der Waals surface area contributed by atoms with Crippen molar-refractivity contribution < 1.29 is 8.83 Å². The van der Waals surface area contributed by atoms with Crippen LogP contribution in [0.15, 0.2) is 142 Å². The van der Waals surface area contributed by atoms with Crippen LogP contribution in [0.1, 0.15) is 0 Å². The molecule has 0 fully saturated rings. The third-order valence-corrected chi connectivity index (χ3v) is 8.32. The molecule has 0 saturated heterocycles. The van der Waals surface area contributed by atoms with Crippen molar-refractivity contribution in [1.82, 2.24) is 0 Å². The van der Waals surface area contributed by atoms with Crippen molar-refractivity contribution in [2.45, 2.75) is 0 Å². The molecule has 0 unspecified atom stereocenters. The van der Waals surface area contributed by atoms with Crippen molar-refractivity contribution in [3.8, 4) is 22.3 Å². The van der Waals surface area contributed by atoms with Crippen molar-refractivity contribution in [3.63, 3.8) is 0 Å². The molecule has 0 bridgehead atoms. The Morgan fingerprint density at radius 1 is 0.425 bits per heavy atom. The first-order valence-corrected chi connectivity index (χ1v) is 13.6. The van der Waals surface area contributed by atoms with Gasteiger partial charge < -0.3 is 8.83 Å². The van der Waals surface area contributed by atoms with E-state index in [0.29, 0.717) is 0 Å². The zero-order valence-corrected chi connectivity index (χ0v) is 21.5. The highest BCUT2D eigenvalue weighted by molar-refractivity contribution is 6.28. The molecule has 2 aromatic heterocycles. The predicted molar refractivity (Wildman–Crippen MR) is 167 cm³/mol. The molecule has 7 aromatic carbocycles. The zero-order valence-electron chi connectivity index (χ0n) is 21.5. The van der Waals surface area contributed by atoms with E-state index in [1.165, 1.54) is 49.0 Å². The minimum atomic E-state index is 0.839. The first-order chi connectivity index (χ1) is 19.8. The summed E-state index contributed by atoms with van der Waals surface area (Å²) in [5.41, 5.74) is 7.42. The SMILES string of the molecule is c1ccc2cc(-c3c4ccccc4c(-c4cccc5oc6ccc7ccoc7c6c45)c4ccccc34)ccc2c1. The molecular formula is C38H22O2. The highest BCUT2D eigenvalue weighted by Gasteiger charge is 2.21. The van der Waals surface area contributed by atoms with Crippen molar-refractivity contribution in [2.24, 2.45) is 0 Å². The van der Waals surface area contributed by atoms with Gasteiger partial charge in [-0.3, -0.25) is 0 Å². The van der Waals surface area contributed by atoms with Crippen molar-refractivity contribution >= 4 is 65.2 Å². The molecule has 0 aliphatic carbocycles. The molecule has 0 atom stereocenters. The summed E-state index contributed by atoms with van der Waals surface area (Å²) in [6, 6.07) is 45.5. The summed E-state index contributed by atoms with van der Waals surface area (Å²) in [5.74, 6) is 0. The van der Waals surface area contributed by atoms with Gasteiger partial charge >= 0.3 is 0 Å². The van der Waals surface area contributed by atoms with E-state index in [1.54, 1.807) is 6.26 Å². The second kappa shape index (κ2) is 8.08. The van der Waals surface area contributed by atoms with Gasteiger partial charge in [-0.2, -0.15) is 0 Å². The van der Waals surface area contributed by atoms with Crippen LogP contribution in [-0.4, -0.2) is 0 Å². The number of rotatable bonds is 2. The standard InChI is InChI=1S/C38H22O2/c1-2-9-25-22-26(17-16-23(25)8-1)34-27-10-3-5-12-29(27)35(30-13-6-4-11-28(30)34)31-14-7-15-32-36(31)37-33(40-32)19-18-24-20-21-39-38(24)37/h1-22H. The summed E-state index contributed by atoms with van der Waals surface area (Å²) in [7, 11) is 0. The summed E-state index contributed by atoms with van der Waals surface area (Å²) in [6.07, 6.45) is 1.76. The predicted octanol–water partition coefficient (Wildman–Crippen LogP) is 11.1. The first kappa shape index (κ1) is 21.6. The summed E-state index contributed by atoms with van der Waals surface area (Å²) < 4.78 is 12.4. The molecule has 0 N–H and O–H groups in total. The van der Waals surface area contributed by atoms with E-state index in [0.717, 1.165) is 38.5 Å². The lowest BCUT2D eigenvalue weighted by molar-refractivity contribution is 0.618. The molecule has 0 radical (unpaired) electrons. The van der Waals surface area contributed by atoms with Crippen LogP contribution in [0.3, 0.4) is 0 Å². The molecule has 0 aliphatic rings. The lowest BCUT2D eigenvalue weighted by Gasteiger charge is -2.18. The highest BCUT2D eigenvalue weighted by Crippen LogP contribution is 2.48. The second-order valence-electron chi connectivity index (χ2n) is 10.5. The highest BCUT2D eigenvalue weighted by atomic mass is 16.3. The maximum Gasteiger partial charge on any atom is 0.145 e. The van der Waals surface area contributed by atoms with Crippen LogP contribution < -0.4 is 0 Å². The van der Waals surface area contributed by atoms with E-state index in [1.807, 2.05) is 6.07 Å². The van der Waals surface area contributed by atoms with Gasteiger partial charge in [-0.15, -0.1) is 0 Å². The van der Waals surface area contributed by atoms with E-state index in [2.05, 4.69) is 121 Å². The van der Waals surface area contributed by atoms with E-state index in [4.69, 9.17) is 8.83 Å². The Balaban J connectivity index is 1.46. The normalized spacial score (nSPS) is 12.0. The number of hydrogen-bond donors (Lipinski definition) is 0. The van der Waals surface area contributed by atoms with Crippen LogP contribution in [0.5, 0.6) is 0 Å². The Morgan fingerprint density at radius 2 is 1.07 bits per heavy atom. The Kier molecular flexibility index (Phi) is 4.36. The molecule has 2 heteroatoms. The van der Waals surface area contributed by atoms with Gasteiger partial charge in [-0.1, -0.05) is 97.1 Å². The number of furan rings is 2. The number of fused-ring (bicyclic) bond motifs is 8. The van der Waals surface area contributed by atoms with Crippen molar-refractivity contribution in [3.05, 3.63) is 134 Å². The fourth-order valence-corrected chi connectivity index (χ4v) is 6.61. The lowest BCUT2D eigenvalue weighted by Crippen LogP contribution is -1.91. The largest absolute Gasteiger partial charge is 0.464 e. The number of hydrogen-bond acceptors (Lipinski definition) is 2. The third kappa shape index (κ3) is 2.93. The van der Waals surface area contributed by atoms with Gasteiger partial charge in [0.1, 0.15) is 16.7 Å². The maximum atomic E-state index is 6.39. The van der Waals surface area contributed by atoms with E-state index in [9.17, 15) is 0 Å². The average molecular weight is 511 g/mol. The summed E-state index contributed by atoms with van der Waals surface area (Å²) in [6.45, 7) is 0. The summed E-state index contributed by atoms with van der Waals surface area (Å²) in [5, 5.41) is 10.6. The minimum Gasteiger partial charge on any atom is -0.464 e. The van der Waals surface area contributed by atoms with Crippen molar-refractivity contribution in [1.29, 1.82) is 0 Å². The Bertz CT molecular complexity index is 2380. The van der Waals surface area contributed by atoms with E-state index >= 15 is 0 Å². The van der Waals surface area contributed by atoms with Gasteiger partial charge in [0.15, 0.2) is 0 Å². The molecule has 0 saturated carbocycles. The second-order valence-corrected chi connectivity index (χ2v) is 10.5. The Hall–Kier alpha value is -5.34. The van der Waals surface area contributed by atoms with Crippen LogP contribution in [0, 0.1) is 0 Å². The molecule has 0 spiro atoms. The molecule has 2 nitrogen and oxygen atoms in total. The molecule has 186 valence electrons. The molecule has 0 aliphatic heterocycles. The van der Waals surface area contributed by atoms with Crippen molar-refractivity contribution in [2.75, 3.05) is 0 Å². The average Bonchev–Trinajstić information content (AvgIpc) is 3.64. The number of benzene rings is 7. The van der Waals surface area contributed by atoms with E-state index < -0.39 is 0 Å². The van der Waals surface area contributed by atoms with Crippen LogP contribution >= 0.6 is 0 Å². The van der Waals surface area contributed by atoms with Crippen LogP contribution in [0.4, 0.5) is 0 Å². The van der Waals surface area contributed by atoms with Crippen LogP contribution in [0.25, 0.3) is 87.5 Å². The topological polar surface area (TPSA) is 26.3 Å². The van der Waals surface area contributed by atoms with E-state index in [-0.39, 0.29) is 0 Å². The van der Waals surface area contributed by atoms with Gasteiger partial charge in [0.05, 0.1) is 11.6 Å². The fraction of sp³-hybridized carbons (Fsp3) is 0. The minimum absolute atomic E-state index is 0.839. The smallest absolute Gasteiger partial charge is 0.145 e. The monoisotopic (exact) mass is 510 g/mol. The van der Waals surface area contributed by atoms with Gasteiger partial charge in [-0.05, 0) is 84.9 Å². The summed E-state index contributed by atoms with van der Waals surface area (Å²) >= 11 is 0. The quantitative estimate of drug-likeness (QED) is 0.216. The molecular weight excluding hydrogens is 488 g/mol. The molecule has 0 amide bonds.